The Kier molecular flexibility index (Phi) is 9.02. The summed E-state index contributed by atoms with van der Waals surface area (Å²) >= 11 is 0. The third-order valence-corrected chi connectivity index (χ3v) is 1.97. The Morgan fingerprint density at radius 3 is 2.33 bits per heavy atom. The van der Waals surface area contributed by atoms with E-state index < -0.39 is 12.0 Å². The first-order chi connectivity index (χ1) is 7.16. The van der Waals surface area contributed by atoms with Gasteiger partial charge in [-0.25, -0.2) is 4.79 Å². The Morgan fingerprint density at radius 2 is 1.73 bits per heavy atom. The molecule has 0 aromatic carbocycles. The lowest BCUT2D eigenvalue weighted by molar-refractivity contribution is -0.138. The van der Waals surface area contributed by atoms with Crippen molar-refractivity contribution in [3.63, 3.8) is 0 Å². The fourth-order valence-corrected chi connectivity index (χ4v) is 1.19. The molecule has 0 heterocycles. The van der Waals surface area contributed by atoms with Crippen LogP contribution < -0.4 is 0 Å². The smallest absolute Gasteiger partial charge is 0.336 e. The van der Waals surface area contributed by atoms with Crippen molar-refractivity contribution in [2.45, 2.75) is 45.4 Å². The van der Waals surface area contributed by atoms with Crippen LogP contribution in [0.2, 0.25) is 0 Å². The average Bonchev–Trinajstić information content (AvgIpc) is 2.15. The van der Waals surface area contributed by atoms with Crippen LogP contribution in [0.1, 0.15) is 45.4 Å². The molecule has 0 atom stereocenters. The van der Waals surface area contributed by atoms with Crippen molar-refractivity contribution in [1.82, 2.24) is 0 Å². The molecule has 0 aromatic heterocycles. The molecule has 88 valence electrons. The molecule has 0 bridgehead atoms. The monoisotopic (exact) mass is 220 g/mol. The third-order valence-electron chi connectivity index (χ3n) is 1.97. The zero-order valence-corrected chi connectivity index (χ0v) is 9.10. The first-order valence-electron chi connectivity index (χ1n) is 5.36. The van der Waals surface area contributed by atoms with Crippen LogP contribution in [0.4, 0.5) is 8.78 Å². The van der Waals surface area contributed by atoms with Crippen LogP contribution in [0.15, 0.2) is 12.2 Å². The van der Waals surface area contributed by atoms with Gasteiger partial charge in [-0.15, -0.1) is 0 Å². The van der Waals surface area contributed by atoms with E-state index in [1.807, 2.05) is 0 Å². The van der Waals surface area contributed by atoms with E-state index in [0.29, 0.717) is 0 Å². The van der Waals surface area contributed by atoms with Crippen molar-refractivity contribution < 1.29 is 18.3 Å². The van der Waals surface area contributed by atoms with E-state index in [1.54, 1.807) is 0 Å². The predicted molar refractivity (Wildman–Crippen MR) is 54.6 cm³/mol. The summed E-state index contributed by atoms with van der Waals surface area (Å²) in [4.78, 5) is 10.6. The number of esters is 1. The van der Waals surface area contributed by atoms with Gasteiger partial charge in [0.25, 0.3) is 6.08 Å². The van der Waals surface area contributed by atoms with Crippen molar-refractivity contribution in [3.05, 3.63) is 12.2 Å². The summed E-state index contributed by atoms with van der Waals surface area (Å²) in [6, 6.07) is 0. The number of carbonyl (C=O) groups is 1. The van der Waals surface area contributed by atoms with Gasteiger partial charge >= 0.3 is 5.97 Å². The summed E-state index contributed by atoms with van der Waals surface area (Å²) in [6.07, 6.45) is 4.62. The minimum absolute atomic E-state index is 0.205. The fraction of sp³-hybridized carbons (Fsp3) is 0.727. The summed E-state index contributed by atoms with van der Waals surface area (Å²) in [5, 5.41) is 0. The van der Waals surface area contributed by atoms with Gasteiger partial charge in [0.2, 0.25) is 0 Å². The normalized spacial score (nSPS) is 9.80. The van der Waals surface area contributed by atoms with Gasteiger partial charge in [-0.2, -0.15) is 8.78 Å². The second-order valence-electron chi connectivity index (χ2n) is 3.37. The predicted octanol–water partition coefficient (Wildman–Crippen LogP) is 3.67. The topological polar surface area (TPSA) is 26.3 Å². The van der Waals surface area contributed by atoms with E-state index in [2.05, 4.69) is 11.7 Å². The van der Waals surface area contributed by atoms with Crippen LogP contribution >= 0.6 is 0 Å². The Labute approximate surface area is 89.3 Å². The minimum atomic E-state index is -2.01. The van der Waals surface area contributed by atoms with Crippen molar-refractivity contribution in [2.75, 3.05) is 6.61 Å². The fourth-order valence-electron chi connectivity index (χ4n) is 1.19. The van der Waals surface area contributed by atoms with Crippen LogP contribution in [0, 0.1) is 0 Å². The van der Waals surface area contributed by atoms with Gasteiger partial charge in [0, 0.05) is 0 Å². The summed E-state index contributed by atoms with van der Waals surface area (Å²) < 4.78 is 27.7. The standard InChI is InChI=1S/C11H18F2O2/c1-2-3-4-5-6-7-8-15-11(14)9-10(12)13/h9H,2-8H2,1H3. The van der Waals surface area contributed by atoms with Gasteiger partial charge in [0.15, 0.2) is 0 Å². The van der Waals surface area contributed by atoms with E-state index >= 15 is 0 Å². The first-order valence-corrected chi connectivity index (χ1v) is 5.36. The Bertz CT molecular complexity index is 199. The Morgan fingerprint density at radius 1 is 1.13 bits per heavy atom. The van der Waals surface area contributed by atoms with E-state index in [1.165, 1.54) is 19.3 Å². The molecular weight excluding hydrogens is 202 g/mol. The van der Waals surface area contributed by atoms with E-state index in [0.717, 1.165) is 19.3 Å². The highest BCUT2D eigenvalue weighted by Gasteiger charge is 2.00. The number of hydrogen-bond acceptors (Lipinski definition) is 2. The molecular formula is C11H18F2O2. The minimum Gasteiger partial charge on any atom is -0.462 e. The molecule has 0 amide bonds. The summed E-state index contributed by atoms with van der Waals surface area (Å²) in [7, 11) is 0. The average molecular weight is 220 g/mol. The highest BCUT2D eigenvalue weighted by Crippen LogP contribution is 2.05. The van der Waals surface area contributed by atoms with Crippen LogP contribution in [-0.4, -0.2) is 12.6 Å². The number of carbonyl (C=O) groups excluding carboxylic acids is 1. The molecule has 0 rings (SSSR count). The summed E-state index contributed by atoms with van der Waals surface area (Å²) in [5.74, 6) is -0.955. The van der Waals surface area contributed by atoms with Crippen molar-refractivity contribution >= 4 is 5.97 Å². The van der Waals surface area contributed by atoms with Crippen molar-refractivity contribution in [2.24, 2.45) is 0 Å². The molecule has 0 aromatic rings. The number of ether oxygens (including phenoxy) is 1. The largest absolute Gasteiger partial charge is 0.462 e. The highest BCUT2D eigenvalue weighted by molar-refractivity contribution is 5.82. The van der Waals surface area contributed by atoms with Gasteiger partial charge in [0.1, 0.15) is 0 Å². The van der Waals surface area contributed by atoms with Crippen LogP contribution in [0.3, 0.4) is 0 Å². The lowest BCUT2D eigenvalue weighted by atomic mass is 10.1. The molecule has 2 nitrogen and oxygen atoms in total. The lowest BCUT2D eigenvalue weighted by Crippen LogP contribution is -2.02. The quantitative estimate of drug-likeness (QED) is 0.354. The number of halogens is 2. The van der Waals surface area contributed by atoms with Crippen LogP contribution in [0.25, 0.3) is 0 Å². The van der Waals surface area contributed by atoms with Gasteiger partial charge in [-0.05, 0) is 6.42 Å². The van der Waals surface area contributed by atoms with Crippen LogP contribution in [0.5, 0.6) is 0 Å². The molecule has 0 aliphatic heterocycles. The van der Waals surface area contributed by atoms with E-state index in [4.69, 9.17) is 0 Å². The molecule has 0 N–H and O–H groups in total. The van der Waals surface area contributed by atoms with Crippen molar-refractivity contribution in [1.29, 1.82) is 0 Å². The second kappa shape index (κ2) is 9.62. The molecule has 0 saturated heterocycles. The van der Waals surface area contributed by atoms with Crippen LogP contribution in [-0.2, 0) is 9.53 Å². The lowest BCUT2D eigenvalue weighted by Gasteiger charge is -2.01. The SMILES string of the molecule is CCCCCCCCOC(=O)C=C(F)F. The number of hydrogen-bond donors (Lipinski definition) is 0. The molecule has 0 fully saturated rings. The van der Waals surface area contributed by atoms with Gasteiger partial charge in [-0.1, -0.05) is 39.0 Å². The molecule has 0 aliphatic rings. The molecule has 4 heteroatoms. The van der Waals surface area contributed by atoms with Gasteiger partial charge in [-0.3, -0.25) is 0 Å². The maximum absolute atomic E-state index is 11.6. The zero-order valence-electron chi connectivity index (χ0n) is 9.10. The third kappa shape index (κ3) is 11.0. The van der Waals surface area contributed by atoms with E-state index in [-0.39, 0.29) is 12.7 Å². The maximum Gasteiger partial charge on any atom is 0.336 e. The molecule has 0 saturated carbocycles. The Hall–Kier alpha value is -0.930. The molecule has 0 aliphatic carbocycles. The zero-order chi connectivity index (χ0) is 11.5. The molecule has 0 unspecified atom stereocenters. The Balaban J connectivity index is 3.24. The summed E-state index contributed by atoms with van der Waals surface area (Å²) in [6.45, 7) is 2.37. The molecule has 0 spiro atoms. The first kappa shape index (κ1) is 14.1. The number of rotatable bonds is 8. The van der Waals surface area contributed by atoms with Gasteiger partial charge in [0.05, 0.1) is 12.7 Å². The molecule has 15 heavy (non-hydrogen) atoms. The van der Waals surface area contributed by atoms with Crippen molar-refractivity contribution in [3.8, 4) is 0 Å². The second-order valence-corrected chi connectivity index (χ2v) is 3.37. The molecule has 0 radical (unpaired) electrons. The number of unbranched alkanes of at least 4 members (excludes halogenated alkanes) is 5. The maximum atomic E-state index is 11.6. The summed E-state index contributed by atoms with van der Waals surface area (Å²) in [5.41, 5.74) is 0. The van der Waals surface area contributed by atoms with Gasteiger partial charge < -0.3 is 4.74 Å². The van der Waals surface area contributed by atoms with E-state index in [9.17, 15) is 13.6 Å². The highest BCUT2D eigenvalue weighted by atomic mass is 19.3.